The van der Waals surface area contributed by atoms with Gasteiger partial charge in [0.1, 0.15) is 5.76 Å². The number of likely N-dealkylation sites (N-methyl/N-ethyl adjacent to an activating group) is 1. The number of hydrogen-bond donors (Lipinski definition) is 1. The van der Waals surface area contributed by atoms with Crippen molar-refractivity contribution in [1.29, 1.82) is 0 Å². The monoisotopic (exact) mass is 237 g/mol. The molecule has 1 N–H and O–H groups in total. The molecule has 1 aromatic rings. The number of nitrogens with zero attached hydrogens (tertiary/aromatic N) is 2. The van der Waals surface area contributed by atoms with Gasteiger partial charge in [-0.15, -0.1) is 0 Å². The molecule has 0 bridgehead atoms. The lowest BCUT2D eigenvalue weighted by Crippen LogP contribution is -2.42. The third kappa shape index (κ3) is 3.30. The third-order valence-electron chi connectivity index (χ3n) is 3.55. The SMILES string of the molecule is Cc1noc(C)c1CN(C)CC1CCCCN1. The van der Waals surface area contributed by atoms with Crippen LogP contribution in [0.2, 0.25) is 0 Å². The summed E-state index contributed by atoms with van der Waals surface area (Å²) < 4.78 is 5.19. The molecule has 2 heterocycles. The van der Waals surface area contributed by atoms with Gasteiger partial charge in [-0.2, -0.15) is 0 Å². The van der Waals surface area contributed by atoms with E-state index in [9.17, 15) is 0 Å². The Morgan fingerprint density at radius 3 is 2.82 bits per heavy atom. The van der Waals surface area contributed by atoms with Gasteiger partial charge in [-0.25, -0.2) is 0 Å². The van der Waals surface area contributed by atoms with E-state index in [4.69, 9.17) is 4.52 Å². The minimum absolute atomic E-state index is 0.647. The molecule has 0 spiro atoms. The predicted molar refractivity (Wildman–Crippen MR) is 68.0 cm³/mol. The molecule has 1 aliphatic heterocycles. The van der Waals surface area contributed by atoms with Gasteiger partial charge in [0.25, 0.3) is 0 Å². The minimum Gasteiger partial charge on any atom is -0.361 e. The lowest BCUT2D eigenvalue weighted by atomic mass is 10.0. The molecule has 1 atom stereocenters. The molecule has 1 aliphatic rings. The van der Waals surface area contributed by atoms with Crippen molar-refractivity contribution in [2.24, 2.45) is 0 Å². The maximum atomic E-state index is 5.19. The van der Waals surface area contributed by atoms with Crippen LogP contribution in [0.4, 0.5) is 0 Å². The zero-order valence-corrected chi connectivity index (χ0v) is 11.1. The molecule has 4 nitrogen and oxygen atoms in total. The Morgan fingerprint density at radius 2 is 2.24 bits per heavy atom. The number of nitrogens with one attached hydrogen (secondary N) is 1. The summed E-state index contributed by atoms with van der Waals surface area (Å²) in [6.45, 7) is 7.20. The van der Waals surface area contributed by atoms with Gasteiger partial charge in [-0.1, -0.05) is 11.6 Å². The highest BCUT2D eigenvalue weighted by molar-refractivity contribution is 5.20. The Balaban J connectivity index is 1.86. The van der Waals surface area contributed by atoms with E-state index >= 15 is 0 Å². The topological polar surface area (TPSA) is 41.3 Å². The molecule has 0 saturated carbocycles. The third-order valence-corrected chi connectivity index (χ3v) is 3.55. The minimum atomic E-state index is 0.647. The second-order valence-electron chi connectivity index (χ2n) is 5.15. The van der Waals surface area contributed by atoms with E-state index in [0.717, 1.165) is 24.5 Å². The molecule has 96 valence electrons. The van der Waals surface area contributed by atoms with Crippen LogP contribution in [0, 0.1) is 13.8 Å². The molecule has 0 radical (unpaired) electrons. The second-order valence-corrected chi connectivity index (χ2v) is 5.15. The van der Waals surface area contributed by atoms with Crippen molar-refractivity contribution in [3.8, 4) is 0 Å². The Morgan fingerprint density at radius 1 is 1.41 bits per heavy atom. The van der Waals surface area contributed by atoms with Gasteiger partial charge in [-0.05, 0) is 40.3 Å². The maximum absolute atomic E-state index is 5.19. The van der Waals surface area contributed by atoms with Crippen LogP contribution in [0.1, 0.15) is 36.3 Å². The Bertz CT molecular complexity index is 336. The van der Waals surface area contributed by atoms with Gasteiger partial charge in [0.15, 0.2) is 0 Å². The van der Waals surface area contributed by atoms with E-state index in [1.807, 2.05) is 13.8 Å². The molecule has 1 unspecified atom stereocenters. The van der Waals surface area contributed by atoms with Crippen LogP contribution in [0.3, 0.4) is 0 Å². The van der Waals surface area contributed by atoms with Crippen LogP contribution >= 0.6 is 0 Å². The molecule has 0 amide bonds. The molecule has 17 heavy (non-hydrogen) atoms. The van der Waals surface area contributed by atoms with E-state index < -0.39 is 0 Å². The van der Waals surface area contributed by atoms with E-state index in [0.29, 0.717) is 6.04 Å². The van der Waals surface area contributed by atoms with Crippen LogP contribution in [-0.2, 0) is 6.54 Å². The van der Waals surface area contributed by atoms with Crippen molar-refractivity contribution in [1.82, 2.24) is 15.4 Å². The van der Waals surface area contributed by atoms with Crippen LogP contribution in [0.5, 0.6) is 0 Å². The van der Waals surface area contributed by atoms with Crippen molar-refractivity contribution >= 4 is 0 Å². The molecule has 0 aliphatic carbocycles. The highest BCUT2D eigenvalue weighted by Crippen LogP contribution is 2.15. The molecule has 1 saturated heterocycles. The van der Waals surface area contributed by atoms with Crippen molar-refractivity contribution in [3.05, 3.63) is 17.0 Å². The Hall–Kier alpha value is -0.870. The zero-order chi connectivity index (χ0) is 12.3. The van der Waals surface area contributed by atoms with E-state index in [1.54, 1.807) is 0 Å². The average Bonchev–Trinajstić information content (AvgIpc) is 2.62. The fraction of sp³-hybridized carbons (Fsp3) is 0.769. The summed E-state index contributed by atoms with van der Waals surface area (Å²) in [5, 5.41) is 7.58. The van der Waals surface area contributed by atoms with Gasteiger partial charge in [0, 0.05) is 24.7 Å². The van der Waals surface area contributed by atoms with Gasteiger partial charge in [0.2, 0.25) is 0 Å². The summed E-state index contributed by atoms with van der Waals surface area (Å²) in [6, 6.07) is 0.647. The highest BCUT2D eigenvalue weighted by Gasteiger charge is 2.17. The standard InChI is InChI=1S/C13H23N3O/c1-10-13(11(2)17-15-10)9-16(3)8-12-6-4-5-7-14-12/h12,14H,4-9H2,1-3H3. The molecular formula is C13H23N3O. The first-order valence-corrected chi connectivity index (χ1v) is 6.50. The summed E-state index contributed by atoms with van der Waals surface area (Å²) in [5.74, 6) is 0.950. The largest absolute Gasteiger partial charge is 0.361 e. The van der Waals surface area contributed by atoms with Gasteiger partial charge < -0.3 is 14.7 Å². The van der Waals surface area contributed by atoms with Gasteiger partial charge in [0.05, 0.1) is 5.69 Å². The van der Waals surface area contributed by atoms with Crippen LogP contribution < -0.4 is 5.32 Å². The lowest BCUT2D eigenvalue weighted by Gasteiger charge is -2.28. The zero-order valence-electron chi connectivity index (χ0n) is 11.1. The normalized spacial score (nSPS) is 21.1. The molecular weight excluding hydrogens is 214 g/mol. The number of rotatable bonds is 4. The summed E-state index contributed by atoms with van der Waals surface area (Å²) in [4.78, 5) is 2.36. The summed E-state index contributed by atoms with van der Waals surface area (Å²) in [7, 11) is 2.17. The second kappa shape index (κ2) is 5.65. The first-order chi connectivity index (χ1) is 8.16. The number of hydrogen-bond acceptors (Lipinski definition) is 4. The summed E-state index contributed by atoms with van der Waals surface area (Å²) in [5.41, 5.74) is 2.26. The van der Waals surface area contributed by atoms with E-state index in [1.165, 1.54) is 31.4 Å². The van der Waals surface area contributed by atoms with Crippen LogP contribution in [-0.4, -0.2) is 36.2 Å². The molecule has 4 heteroatoms. The molecule has 2 rings (SSSR count). The van der Waals surface area contributed by atoms with E-state index in [2.05, 4.69) is 22.4 Å². The maximum Gasteiger partial charge on any atom is 0.138 e. The quantitative estimate of drug-likeness (QED) is 0.868. The van der Waals surface area contributed by atoms with Gasteiger partial charge in [-0.3, -0.25) is 0 Å². The van der Waals surface area contributed by atoms with Gasteiger partial charge >= 0.3 is 0 Å². The van der Waals surface area contributed by atoms with Crippen molar-refractivity contribution in [2.75, 3.05) is 20.1 Å². The average molecular weight is 237 g/mol. The lowest BCUT2D eigenvalue weighted by molar-refractivity contribution is 0.255. The smallest absolute Gasteiger partial charge is 0.138 e. The van der Waals surface area contributed by atoms with Crippen molar-refractivity contribution < 1.29 is 4.52 Å². The number of aryl methyl sites for hydroxylation is 2. The van der Waals surface area contributed by atoms with E-state index in [-0.39, 0.29) is 0 Å². The van der Waals surface area contributed by atoms with Crippen molar-refractivity contribution in [3.63, 3.8) is 0 Å². The summed E-state index contributed by atoms with van der Waals surface area (Å²) in [6.07, 6.45) is 3.98. The number of aromatic nitrogens is 1. The highest BCUT2D eigenvalue weighted by atomic mass is 16.5. The van der Waals surface area contributed by atoms with Crippen LogP contribution in [0.15, 0.2) is 4.52 Å². The fourth-order valence-electron chi connectivity index (χ4n) is 2.52. The first kappa shape index (κ1) is 12.6. The molecule has 1 fully saturated rings. The Kier molecular flexibility index (Phi) is 4.18. The molecule has 0 aromatic carbocycles. The summed E-state index contributed by atoms with van der Waals surface area (Å²) >= 11 is 0. The van der Waals surface area contributed by atoms with Crippen molar-refractivity contribution in [2.45, 2.75) is 45.7 Å². The van der Waals surface area contributed by atoms with Crippen LogP contribution in [0.25, 0.3) is 0 Å². The predicted octanol–water partition coefficient (Wildman–Crippen LogP) is 1.87. The number of piperidine rings is 1. The first-order valence-electron chi connectivity index (χ1n) is 6.50. The molecule has 1 aromatic heterocycles. The Labute approximate surface area is 103 Å². The fourth-order valence-corrected chi connectivity index (χ4v) is 2.52.